The molecular weight excluding hydrogens is 232 g/mol. The number of rotatable bonds is 4. The molecule has 0 saturated carbocycles. The first-order valence-electron chi connectivity index (χ1n) is 6.08. The van der Waals surface area contributed by atoms with Gasteiger partial charge < -0.3 is 20.1 Å². The maximum absolute atomic E-state index is 10.9. The SMILES string of the molecule is O=C(O)N1CCN[C@H](COCc2ccccc2)C1. The minimum absolute atomic E-state index is 0.0820. The van der Waals surface area contributed by atoms with Crippen molar-refractivity contribution in [2.75, 3.05) is 26.2 Å². The van der Waals surface area contributed by atoms with Gasteiger partial charge in [0, 0.05) is 25.7 Å². The molecule has 0 bridgehead atoms. The highest BCUT2D eigenvalue weighted by molar-refractivity contribution is 5.65. The third kappa shape index (κ3) is 3.72. The molecule has 1 aromatic rings. The summed E-state index contributed by atoms with van der Waals surface area (Å²) in [5, 5.41) is 12.2. The molecule has 0 radical (unpaired) electrons. The molecule has 1 saturated heterocycles. The van der Waals surface area contributed by atoms with E-state index in [1.807, 2.05) is 30.3 Å². The van der Waals surface area contributed by atoms with Gasteiger partial charge in [0.25, 0.3) is 0 Å². The average Bonchev–Trinajstić information content (AvgIpc) is 2.40. The molecule has 1 aliphatic rings. The standard InChI is InChI=1S/C13H18N2O3/c16-13(17)15-7-6-14-12(8-15)10-18-9-11-4-2-1-3-5-11/h1-5,12,14H,6-10H2,(H,16,17)/t12-/m0/s1. The first-order chi connectivity index (χ1) is 8.75. The van der Waals surface area contributed by atoms with Gasteiger partial charge in [0.2, 0.25) is 0 Å². The molecule has 98 valence electrons. The highest BCUT2D eigenvalue weighted by Crippen LogP contribution is 2.04. The summed E-state index contributed by atoms with van der Waals surface area (Å²) in [7, 11) is 0. The Morgan fingerprint density at radius 2 is 2.22 bits per heavy atom. The Balaban J connectivity index is 1.72. The number of hydrogen-bond acceptors (Lipinski definition) is 3. The molecule has 0 unspecified atom stereocenters. The maximum Gasteiger partial charge on any atom is 0.407 e. The van der Waals surface area contributed by atoms with E-state index >= 15 is 0 Å². The molecular formula is C13H18N2O3. The second-order valence-electron chi connectivity index (χ2n) is 4.38. The van der Waals surface area contributed by atoms with E-state index in [1.54, 1.807) is 0 Å². The van der Waals surface area contributed by atoms with Gasteiger partial charge in [-0.25, -0.2) is 4.79 Å². The van der Waals surface area contributed by atoms with Crippen molar-refractivity contribution in [1.29, 1.82) is 0 Å². The summed E-state index contributed by atoms with van der Waals surface area (Å²) in [4.78, 5) is 12.3. The number of nitrogens with one attached hydrogen (secondary N) is 1. The predicted molar refractivity (Wildman–Crippen MR) is 67.5 cm³/mol. The number of ether oxygens (including phenoxy) is 1. The molecule has 5 heteroatoms. The quantitative estimate of drug-likeness (QED) is 0.841. The molecule has 0 aliphatic carbocycles. The number of nitrogens with zero attached hydrogens (tertiary/aromatic N) is 1. The zero-order valence-corrected chi connectivity index (χ0v) is 10.2. The van der Waals surface area contributed by atoms with E-state index in [4.69, 9.17) is 9.84 Å². The molecule has 1 amide bonds. The summed E-state index contributed by atoms with van der Waals surface area (Å²) in [6.07, 6.45) is -0.857. The van der Waals surface area contributed by atoms with Crippen LogP contribution in [0.1, 0.15) is 5.56 Å². The van der Waals surface area contributed by atoms with Gasteiger partial charge in [-0.05, 0) is 5.56 Å². The normalized spacial score (nSPS) is 19.8. The van der Waals surface area contributed by atoms with Crippen molar-refractivity contribution in [2.45, 2.75) is 12.6 Å². The van der Waals surface area contributed by atoms with Gasteiger partial charge in [0.1, 0.15) is 0 Å². The smallest absolute Gasteiger partial charge is 0.407 e. The molecule has 1 aliphatic heterocycles. The maximum atomic E-state index is 10.9. The van der Waals surface area contributed by atoms with Crippen molar-refractivity contribution in [3.8, 4) is 0 Å². The van der Waals surface area contributed by atoms with Crippen LogP contribution >= 0.6 is 0 Å². The van der Waals surface area contributed by atoms with E-state index in [0.717, 1.165) is 5.56 Å². The molecule has 0 spiro atoms. The monoisotopic (exact) mass is 250 g/mol. The number of hydrogen-bond donors (Lipinski definition) is 2. The number of piperazine rings is 1. The molecule has 2 rings (SSSR count). The summed E-state index contributed by atoms with van der Waals surface area (Å²) in [6.45, 7) is 2.81. The van der Waals surface area contributed by atoms with Gasteiger partial charge in [-0.3, -0.25) is 0 Å². The van der Waals surface area contributed by atoms with E-state index in [0.29, 0.717) is 32.8 Å². The lowest BCUT2D eigenvalue weighted by atomic mass is 10.2. The molecule has 1 fully saturated rings. The molecule has 18 heavy (non-hydrogen) atoms. The van der Waals surface area contributed by atoms with Gasteiger partial charge in [0.05, 0.1) is 13.2 Å². The number of carboxylic acid groups (broad SMARTS) is 1. The van der Waals surface area contributed by atoms with Crippen molar-refractivity contribution in [3.05, 3.63) is 35.9 Å². The first kappa shape index (κ1) is 12.9. The second kappa shape index (κ2) is 6.37. The van der Waals surface area contributed by atoms with Crippen LogP contribution in [-0.4, -0.2) is 48.4 Å². The van der Waals surface area contributed by atoms with Crippen LogP contribution in [0.15, 0.2) is 30.3 Å². The van der Waals surface area contributed by atoms with E-state index < -0.39 is 6.09 Å². The minimum atomic E-state index is -0.857. The Hall–Kier alpha value is -1.59. The lowest BCUT2D eigenvalue weighted by Gasteiger charge is -2.31. The van der Waals surface area contributed by atoms with Crippen molar-refractivity contribution in [1.82, 2.24) is 10.2 Å². The zero-order valence-electron chi connectivity index (χ0n) is 10.2. The third-order valence-corrected chi connectivity index (χ3v) is 2.96. The molecule has 1 atom stereocenters. The summed E-state index contributed by atoms with van der Waals surface area (Å²) in [6, 6.07) is 10.0. The molecule has 1 heterocycles. The van der Waals surface area contributed by atoms with E-state index in [2.05, 4.69) is 5.32 Å². The van der Waals surface area contributed by atoms with Crippen molar-refractivity contribution >= 4 is 6.09 Å². The second-order valence-corrected chi connectivity index (χ2v) is 4.38. The van der Waals surface area contributed by atoms with Crippen LogP contribution in [0.2, 0.25) is 0 Å². The predicted octanol–water partition coefficient (Wildman–Crippen LogP) is 1.15. The number of carbonyl (C=O) groups is 1. The van der Waals surface area contributed by atoms with E-state index in [-0.39, 0.29) is 6.04 Å². The molecule has 5 nitrogen and oxygen atoms in total. The van der Waals surface area contributed by atoms with Crippen LogP contribution < -0.4 is 5.32 Å². The fourth-order valence-electron chi connectivity index (χ4n) is 2.00. The average molecular weight is 250 g/mol. The van der Waals surface area contributed by atoms with Crippen LogP contribution in [0.5, 0.6) is 0 Å². The summed E-state index contributed by atoms with van der Waals surface area (Å²) in [5.41, 5.74) is 1.13. The van der Waals surface area contributed by atoms with Crippen LogP contribution in [0.25, 0.3) is 0 Å². The fourth-order valence-corrected chi connectivity index (χ4v) is 2.00. The Kier molecular flexibility index (Phi) is 4.55. The summed E-state index contributed by atoms with van der Waals surface area (Å²) >= 11 is 0. The van der Waals surface area contributed by atoms with Crippen molar-refractivity contribution in [2.24, 2.45) is 0 Å². The Morgan fingerprint density at radius 1 is 1.44 bits per heavy atom. The van der Waals surface area contributed by atoms with Crippen LogP contribution in [0.4, 0.5) is 4.79 Å². The van der Waals surface area contributed by atoms with Gasteiger partial charge in [-0.1, -0.05) is 30.3 Å². The van der Waals surface area contributed by atoms with Gasteiger partial charge >= 0.3 is 6.09 Å². The van der Waals surface area contributed by atoms with E-state index in [9.17, 15) is 4.79 Å². The molecule has 1 aromatic carbocycles. The summed E-state index contributed by atoms with van der Waals surface area (Å²) in [5.74, 6) is 0. The van der Waals surface area contributed by atoms with Crippen molar-refractivity contribution < 1.29 is 14.6 Å². The van der Waals surface area contributed by atoms with Gasteiger partial charge in [-0.2, -0.15) is 0 Å². The topological polar surface area (TPSA) is 61.8 Å². The van der Waals surface area contributed by atoms with Crippen molar-refractivity contribution in [3.63, 3.8) is 0 Å². The third-order valence-electron chi connectivity index (χ3n) is 2.96. The molecule has 2 N–H and O–H groups in total. The van der Waals surface area contributed by atoms with Gasteiger partial charge in [-0.15, -0.1) is 0 Å². The Labute approximate surface area is 106 Å². The highest BCUT2D eigenvalue weighted by atomic mass is 16.5. The molecule has 0 aromatic heterocycles. The Morgan fingerprint density at radius 3 is 2.94 bits per heavy atom. The van der Waals surface area contributed by atoms with E-state index in [1.165, 1.54) is 4.90 Å². The summed E-state index contributed by atoms with van der Waals surface area (Å²) < 4.78 is 5.61. The van der Waals surface area contributed by atoms with Gasteiger partial charge in [0.15, 0.2) is 0 Å². The highest BCUT2D eigenvalue weighted by Gasteiger charge is 2.22. The fraction of sp³-hybridized carbons (Fsp3) is 0.462. The van der Waals surface area contributed by atoms with Crippen LogP contribution in [0.3, 0.4) is 0 Å². The minimum Gasteiger partial charge on any atom is -0.465 e. The first-order valence-corrected chi connectivity index (χ1v) is 6.08. The van der Waals surface area contributed by atoms with Crippen LogP contribution in [0, 0.1) is 0 Å². The number of amides is 1. The lowest BCUT2D eigenvalue weighted by molar-refractivity contribution is 0.0697. The lowest BCUT2D eigenvalue weighted by Crippen LogP contribution is -2.53. The number of benzene rings is 1. The largest absolute Gasteiger partial charge is 0.465 e. The zero-order chi connectivity index (χ0) is 12.8. The van der Waals surface area contributed by atoms with Crippen LogP contribution in [-0.2, 0) is 11.3 Å². The Bertz CT molecular complexity index is 383.